The molecule has 1 aliphatic rings. The Morgan fingerprint density at radius 3 is 2.72 bits per heavy atom. The summed E-state index contributed by atoms with van der Waals surface area (Å²) in [5, 5.41) is 15.5. The van der Waals surface area contributed by atoms with Crippen LogP contribution in [-0.4, -0.2) is 40.4 Å². The van der Waals surface area contributed by atoms with Gasteiger partial charge < -0.3 is 25.5 Å². The topological polar surface area (TPSA) is 99.3 Å². The molecule has 1 heterocycles. The molecular weight excluding hydrogens is 418 g/mol. The van der Waals surface area contributed by atoms with Crippen molar-refractivity contribution in [2.75, 3.05) is 7.11 Å². The second-order valence-electron chi connectivity index (χ2n) is 8.12. The fraction of sp³-hybridized carbons (Fsp3) is 0.391. The standard InChI is InChI=1S/C23H26F2N4O3/c1-32-17-8-2-13(18(25)12-17)10-21(22-27-19-9-3-14(24)11-20(19)28-22)29-23(31)26-15-4-6-16(30)7-5-15/h2-3,8-9,11-12,15-16,21,30H,4-7,10H2,1H3,(H,27,28)(H2,26,29,31)/t15?,16?,21-/m1/s1. The van der Waals surface area contributed by atoms with Crippen molar-refractivity contribution in [3.05, 3.63) is 59.4 Å². The third-order valence-electron chi connectivity index (χ3n) is 5.81. The maximum Gasteiger partial charge on any atom is 0.315 e. The molecule has 0 aliphatic heterocycles. The first-order chi connectivity index (χ1) is 15.4. The Bertz CT molecular complexity index is 1100. The highest BCUT2D eigenvalue weighted by Gasteiger charge is 2.24. The highest BCUT2D eigenvalue weighted by atomic mass is 19.1. The predicted molar refractivity (Wildman–Crippen MR) is 115 cm³/mol. The molecule has 1 aliphatic carbocycles. The Labute approximate surface area is 184 Å². The van der Waals surface area contributed by atoms with Gasteiger partial charge >= 0.3 is 6.03 Å². The van der Waals surface area contributed by atoms with E-state index in [-0.39, 0.29) is 18.6 Å². The minimum atomic E-state index is -0.678. The van der Waals surface area contributed by atoms with E-state index in [0.717, 1.165) is 0 Å². The SMILES string of the molecule is COc1ccc(C[C@@H](NC(=O)NC2CCC(O)CC2)c2nc3ccc(F)cc3[nH]2)c(F)c1. The van der Waals surface area contributed by atoms with Crippen LogP contribution in [0.1, 0.15) is 43.1 Å². The molecule has 9 heteroatoms. The second kappa shape index (κ2) is 9.52. The first-order valence-electron chi connectivity index (χ1n) is 10.6. The maximum absolute atomic E-state index is 14.6. The molecule has 32 heavy (non-hydrogen) atoms. The number of H-pyrrole nitrogens is 1. The van der Waals surface area contributed by atoms with Crippen molar-refractivity contribution in [2.45, 2.75) is 50.3 Å². The molecule has 0 radical (unpaired) electrons. The summed E-state index contributed by atoms with van der Waals surface area (Å²) < 4.78 is 33.3. The van der Waals surface area contributed by atoms with Gasteiger partial charge in [-0.15, -0.1) is 0 Å². The molecule has 2 amide bonds. The number of nitrogens with one attached hydrogen (secondary N) is 3. The molecular formula is C23H26F2N4O3. The van der Waals surface area contributed by atoms with Crippen molar-refractivity contribution in [1.29, 1.82) is 0 Å². The zero-order valence-electron chi connectivity index (χ0n) is 17.7. The zero-order valence-corrected chi connectivity index (χ0v) is 17.7. The van der Waals surface area contributed by atoms with Crippen LogP contribution in [0.15, 0.2) is 36.4 Å². The van der Waals surface area contributed by atoms with Gasteiger partial charge in [0.05, 0.1) is 30.3 Å². The Morgan fingerprint density at radius 2 is 2.00 bits per heavy atom. The number of hydrogen-bond donors (Lipinski definition) is 4. The Morgan fingerprint density at radius 1 is 1.22 bits per heavy atom. The van der Waals surface area contributed by atoms with E-state index in [1.807, 2.05) is 0 Å². The van der Waals surface area contributed by atoms with E-state index in [9.17, 15) is 18.7 Å². The normalized spacial score (nSPS) is 19.5. The van der Waals surface area contributed by atoms with E-state index < -0.39 is 23.7 Å². The van der Waals surface area contributed by atoms with Gasteiger partial charge in [0.2, 0.25) is 0 Å². The van der Waals surface area contributed by atoms with Crippen LogP contribution in [0.4, 0.5) is 13.6 Å². The van der Waals surface area contributed by atoms with Gasteiger partial charge in [-0.3, -0.25) is 0 Å². The van der Waals surface area contributed by atoms with Gasteiger partial charge in [-0.1, -0.05) is 6.07 Å². The third kappa shape index (κ3) is 5.16. The summed E-state index contributed by atoms with van der Waals surface area (Å²) in [7, 11) is 1.46. The first-order valence-corrected chi connectivity index (χ1v) is 10.6. The minimum absolute atomic E-state index is 0.0402. The lowest BCUT2D eigenvalue weighted by atomic mass is 9.93. The molecule has 1 aromatic heterocycles. The number of hydrogen-bond acceptors (Lipinski definition) is 4. The smallest absolute Gasteiger partial charge is 0.315 e. The van der Waals surface area contributed by atoms with Crippen LogP contribution >= 0.6 is 0 Å². The molecule has 0 unspecified atom stereocenters. The number of urea groups is 1. The van der Waals surface area contributed by atoms with Gasteiger partial charge in [0, 0.05) is 18.5 Å². The number of rotatable bonds is 6. The highest BCUT2D eigenvalue weighted by Crippen LogP contribution is 2.24. The molecule has 2 aromatic carbocycles. The van der Waals surface area contributed by atoms with Gasteiger partial charge in [-0.2, -0.15) is 0 Å². The fourth-order valence-electron chi connectivity index (χ4n) is 4.03. The predicted octanol–water partition coefficient (Wildman–Crippen LogP) is 3.74. The van der Waals surface area contributed by atoms with E-state index >= 15 is 0 Å². The van der Waals surface area contributed by atoms with Gasteiger partial charge in [0.1, 0.15) is 23.2 Å². The largest absolute Gasteiger partial charge is 0.497 e. The fourth-order valence-corrected chi connectivity index (χ4v) is 4.03. The summed E-state index contributed by atoms with van der Waals surface area (Å²) in [5.74, 6) is -0.0714. The summed E-state index contributed by atoms with van der Waals surface area (Å²) in [4.78, 5) is 20.2. The molecule has 3 aromatic rings. The van der Waals surface area contributed by atoms with Crippen molar-refractivity contribution in [1.82, 2.24) is 20.6 Å². The van der Waals surface area contributed by atoms with Crippen molar-refractivity contribution in [3.8, 4) is 5.75 Å². The number of nitrogens with zero attached hydrogens (tertiary/aromatic N) is 1. The summed E-state index contributed by atoms with van der Waals surface area (Å²) >= 11 is 0. The van der Waals surface area contributed by atoms with Crippen LogP contribution in [0.25, 0.3) is 11.0 Å². The maximum atomic E-state index is 14.6. The summed E-state index contributed by atoms with van der Waals surface area (Å²) in [6, 6.07) is 7.59. The molecule has 0 saturated heterocycles. The molecule has 1 atom stereocenters. The molecule has 0 bridgehead atoms. The van der Waals surface area contributed by atoms with E-state index in [1.165, 1.54) is 25.3 Å². The number of aromatic nitrogens is 2. The summed E-state index contributed by atoms with van der Waals surface area (Å²) in [5.41, 5.74) is 1.41. The number of halogens is 2. The van der Waals surface area contributed by atoms with Crippen LogP contribution < -0.4 is 15.4 Å². The van der Waals surface area contributed by atoms with Gasteiger partial charge in [-0.25, -0.2) is 18.6 Å². The minimum Gasteiger partial charge on any atom is -0.497 e. The lowest BCUT2D eigenvalue weighted by molar-refractivity contribution is 0.117. The van der Waals surface area contributed by atoms with Crippen molar-refractivity contribution in [3.63, 3.8) is 0 Å². The molecule has 0 spiro atoms. The molecule has 4 rings (SSSR count). The number of aliphatic hydroxyl groups is 1. The number of aromatic amines is 1. The van der Waals surface area contributed by atoms with Gasteiger partial charge in [-0.05, 0) is 55.5 Å². The van der Waals surface area contributed by atoms with Crippen LogP contribution in [0.2, 0.25) is 0 Å². The average molecular weight is 444 g/mol. The number of imidazole rings is 1. The van der Waals surface area contributed by atoms with Crippen LogP contribution in [0.3, 0.4) is 0 Å². The lowest BCUT2D eigenvalue weighted by Gasteiger charge is -2.27. The Hall–Kier alpha value is -3.20. The third-order valence-corrected chi connectivity index (χ3v) is 5.81. The van der Waals surface area contributed by atoms with E-state index in [1.54, 1.807) is 18.2 Å². The number of methoxy groups -OCH3 is 1. The number of carbonyl (C=O) groups is 1. The van der Waals surface area contributed by atoms with E-state index in [2.05, 4.69) is 20.6 Å². The number of amides is 2. The average Bonchev–Trinajstić information content (AvgIpc) is 3.19. The molecule has 170 valence electrons. The summed E-state index contributed by atoms with van der Waals surface area (Å²) in [6.07, 6.45) is 2.47. The molecule has 1 saturated carbocycles. The number of fused-ring (bicyclic) bond motifs is 1. The molecule has 1 fully saturated rings. The molecule has 4 N–H and O–H groups in total. The molecule has 7 nitrogen and oxygen atoms in total. The summed E-state index contributed by atoms with van der Waals surface area (Å²) in [6.45, 7) is 0. The van der Waals surface area contributed by atoms with Crippen molar-refractivity contribution >= 4 is 17.1 Å². The number of ether oxygens (including phenoxy) is 1. The number of benzene rings is 2. The Balaban J connectivity index is 1.56. The van der Waals surface area contributed by atoms with Crippen LogP contribution in [-0.2, 0) is 6.42 Å². The van der Waals surface area contributed by atoms with E-state index in [0.29, 0.717) is 53.9 Å². The number of carbonyl (C=O) groups excluding carboxylic acids is 1. The number of aliphatic hydroxyl groups excluding tert-OH is 1. The zero-order chi connectivity index (χ0) is 22.7. The second-order valence-corrected chi connectivity index (χ2v) is 8.12. The quantitative estimate of drug-likeness (QED) is 0.466. The van der Waals surface area contributed by atoms with E-state index in [4.69, 9.17) is 4.74 Å². The van der Waals surface area contributed by atoms with Crippen molar-refractivity contribution < 1.29 is 23.4 Å². The Kier molecular flexibility index (Phi) is 6.55. The lowest BCUT2D eigenvalue weighted by Crippen LogP contribution is -2.45. The van der Waals surface area contributed by atoms with Crippen LogP contribution in [0.5, 0.6) is 5.75 Å². The van der Waals surface area contributed by atoms with Gasteiger partial charge in [0.15, 0.2) is 0 Å². The monoisotopic (exact) mass is 444 g/mol. The highest BCUT2D eigenvalue weighted by molar-refractivity contribution is 5.76. The van der Waals surface area contributed by atoms with Crippen LogP contribution in [0, 0.1) is 11.6 Å². The first kappa shape index (κ1) is 22.0. The van der Waals surface area contributed by atoms with Crippen molar-refractivity contribution in [2.24, 2.45) is 0 Å². The van der Waals surface area contributed by atoms with Gasteiger partial charge in [0.25, 0.3) is 0 Å².